The summed E-state index contributed by atoms with van der Waals surface area (Å²) in [5.41, 5.74) is 0.924. The summed E-state index contributed by atoms with van der Waals surface area (Å²) in [6.07, 6.45) is -0.567. The first-order chi connectivity index (χ1) is 7.84. The Balaban J connectivity index is 1.80. The third-order valence-corrected chi connectivity index (χ3v) is 2.23. The number of nitrogens with one attached hydrogen (secondary N) is 1. The Morgan fingerprint density at radius 3 is 2.88 bits per heavy atom. The van der Waals surface area contributed by atoms with Gasteiger partial charge in [-0.15, -0.1) is 0 Å². The summed E-state index contributed by atoms with van der Waals surface area (Å²) in [5.74, 6) is 0. The Labute approximate surface area is 95.4 Å². The number of rotatable bonds is 3. The summed E-state index contributed by atoms with van der Waals surface area (Å²) in [5, 5.41) is 9.63. The maximum Gasteiger partial charge on any atom is 0.413 e. The van der Waals surface area contributed by atoms with E-state index in [0.29, 0.717) is 5.13 Å². The third-order valence-electron chi connectivity index (χ3n) is 1.72. The predicted molar refractivity (Wildman–Crippen MR) is 58.0 cm³/mol. The van der Waals surface area contributed by atoms with E-state index in [9.17, 15) is 4.79 Å². The molecule has 2 rings (SSSR count). The number of amides is 1. The van der Waals surface area contributed by atoms with Crippen LogP contribution in [0.5, 0.6) is 0 Å². The second kappa shape index (κ2) is 5.17. The Morgan fingerprint density at radius 1 is 1.38 bits per heavy atom. The summed E-state index contributed by atoms with van der Waals surface area (Å²) in [6, 6.07) is 9.41. The molecule has 82 valence electrons. The van der Waals surface area contributed by atoms with E-state index >= 15 is 0 Å². The average Bonchev–Trinajstić information content (AvgIpc) is 2.81. The standard InChI is InChI=1S/C9H8N4O2S/c14-9(10-8-11-12-13-16-8)15-6-7-4-2-1-3-5-7/h1-5H,6H2,(H,10,11,13,14). The number of aromatic nitrogens is 3. The van der Waals surface area contributed by atoms with Crippen molar-refractivity contribution in [1.82, 2.24) is 14.8 Å². The lowest BCUT2D eigenvalue weighted by Gasteiger charge is -2.03. The van der Waals surface area contributed by atoms with Crippen LogP contribution in [0.2, 0.25) is 0 Å². The van der Waals surface area contributed by atoms with E-state index in [2.05, 4.69) is 20.1 Å². The van der Waals surface area contributed by atoms with Crippen molar-refractivity contribution in [1.29, 1.82) is 0 Å². The van der Waals surface area contributed by atoms with E-state index in [1.807, 2.05) is 30.3 Å². The Morgan fingerprint density at radius 2 is 2.19 bits per heavy atom. The topological polar surface area (TPSA) is 77.0 Å². The Kier molecular flexibility index (Phi) is 3.39. The molecule has 0 aliphatic rings. The summed E-state index contributed by atoms with van der Waals surface area (Å²) in [4.78, 5) is 11.3. The van der Waals surface area contributed by atoms with Crippen LogP contribution in [0.1, 0.15) is 5.56 Å². The normalized spacial score (nSPS) is 9.75. The van der Waals surface area contributed by atoms with Crippen LogP contribution in [0.25, 0.3) is 0 Å². The van der Waals surface area contributed by atoms with Crippen molar-refractivity contribution < 1.29 is 9.53 Å². The van der Waals surface area contributed by atoms with E-state index < -0.39 is 6.09 Å². The highest BCUT2D eigenvalue weighted by atomic mass is 32.1. The number of nitrogens with zero attached hydrogens (tertiary/aromatic N) is 3. The van der Waals surface area contributed by atoms with E-state index in [1.165, 1.54) is 0 Å². The molecule has 0 aliphatic carbocycles. The second-order valence-electron chi connectivity index (χ2n) is 2.85. The molecule has 0 fully saturated rings. The fraction of sp³-hybridized carbons (Fsp3) is 0.111. The summed E-state index contributed by atoms with van der Waals surface area (Å²) in [6.45, 7) is 0.221. The minimum atomic E-state index is -0.567. The van der Waals surface area contributed by atoms with Gasteiger partial charge < -0.3 is 4.74 Å². The van der Waals surface area contributed by atoms with E-state index in [0.717, 1.165) is 17.1 Å². The maximum absolute atomic E-state index is 11.3. The fourth-order valence-electron chi connectivity index (χ4n) is 1.03. The lowest BCUT2D eigenvalue weighted by Crippen LogP contribution is -2.13. The average molecular weight is 236 g/mol. The van der Waals surface area contributed by atoms with Gasteiger partial charge >= 0.3 is 6.09 Å². The molecule has 7 heteroatoms. The molecular formula is C9H8N4O2S. The van der Waals surface area contributed by atoms with Gasteiger partial charge in [0.1, 0.15) is 6.61 Å². The number of ether oxygens (including phenoxy) is 1. The van der Waals surface area contributed by atoms with Gasteiger partial charge in [-0.25, -0.2) is 4.79 Å². The molecule has 0 bridgehead atoms. The number of carbonyl (C=O) groups is 1. The van der Waals surface area contributed by atoms with Gasteiger partial charge in [-0.2, -0.15) is 0 Å². The van der Waals surface area contributed by atoms with Gasteiger partial charge in [0.15, 0.2) is 0 Å². The van der Waals surface area contributed by atoms with Crippen molar-refractivity contribution in [2.24, 2.45) is 0 Å². The predicted octanol–water partition coefficient (Wildman–Crippen LogP) is 1.68. The zero-order chi connectivity index (χ0) is 11.2. The van der Waals surface area contributed by atoms with Crippen LogP contribution in [0, 0.1) is 0 Å². The Hall–Kier alpha value is -2.02. The number of hydrogen-bond acceptors (Lipinski definition) is 6. The van der Waals surface area contributed by atoms with Gasteiger partial charge in [-0.1, -0.05) is 39.9 Å². The number of benzene rings is 1. The van der Waals surface area contributed by atoms with Crippen LogP contribution >= 0.6 is 11.5 Å². The first-order valence-electron chi connectivity index (χ1n) is 4.47. The van der Waals surface area contributed by atoms with Gasteiger partial charge in [-0.05, 0) is 10.8 Å². The molecule has 0 radical (unpaired) electrons. The van der Waals surface area contributed by atoms with Gasteiger partial charge in [-0.3, -0.25) is 5.32 Å². The zero-order valence-corrected chi connectivity index (χ0v) is 8.98. The smallest absolute Gasteiger partial charge is 0.413 e. The molecule has 0 atom stereocenters. The molecule has 2 aromatic rings. The number of carbonyl (C=O) groups excluding carboxylic acids is 1. The van der Waals surface area contributed by atoms with Gasteiger partial charge in [0.2, 0.25) is 5.13 Å². The van der Waals surface area contributed by atoms with Crippen LogP contribution < -0.4 is 5.32 Å². The van der Waals surface area contributed by atoms with Crippen LogP contribution in [-0.4, -0.2) is 20.9 Å². The first-order valence-corrected chi connectivity index (χ1v) is 5.24. The molecule has 0 spiro atoms. The summed E-state index contributed by atoms with van der Waals surface area (Å²) >= 11 is 0.989. The van der Waals surface area contributed by atoms with Crippen LogP contribution in [0.3, 0.4) is 0 Å². The van der Waals surface area contributed by atoms with Crippen molar-refractivity contribution in [3.05, 3.63) is 35.9 Å². The number of hydrogen-bond donors (Lipinski definition) is 1. The summed E-state index contributed by atoms with van der Waals surface area (Å²) in [7, 11) is 0. The monoisotopic (exact) mass is 236 g/mol. The van der Waals surface area contributed by atoms with Crippen molar-refractivity contribution in [2.75, 3.05) is 5.32 Å². The second-order valence-corrected chi connectivity index (χ2v) is 3.59. The highest BCUT2D eigenvalue weighted by Gasteiger charge is 2.06. The van der Waals surface area contributed by atoms with Crippen molar-refractivity contribution >= 4 is 22.8 Å². The largest absolute Gasteiger partial charge is 0.444 e. The van der Waals surface area contributed by atoms with Crippen molar-refractivity contribution in [3.8, 4) is 0 Å². The number of anilines is 1. The molecule has 1 N–H and O–H groups in total. The highest BCUT2D eigenvalue weighted by molar-refractivity contribution is 7.09. The molecule has 1 amide bonds. The van der Waals surface area contributed by atoms with E-state index in [-0.39, 0.29) is 6.61 Å². The Bertz CT molecular complexity index is 446. The molecular weight excluding hydrogens is 228 g/mol. The quantitative estimate of drug-likeness (QED) is 0.877. The fourth-order valence-corrected chi connectivity index (χ4v) is 1.38. The molecule has 1 aromatic heterocycles. The molecule has 0 saturated heterocycles. The lowest BCUT2D eigenvalue weighted by atomic mass is 10.2. The van der Waals surface area contributed by atoms with Gasteiger partial charge in [0.25, 0.3) is 0 Å². The zero-order valence-electron chi connectivity index (χ0n) is 8.16. The van der Waals surface area contributed by atoms with Crippen LogP contribution in [0.15, 0.2) is 30.3 Å². The van der Waals surface area contributed by atoms with Gasteiger partial charge in [0, 0.05) is 11.5 Å². The minimum Gasteiger partial charge on any atom is -0.444 e. The van der Waals surface area contributed by atoms with E-state index in [1.54, 1.807) is 0 Å². The van der Waals surface area contributed by atoms with Crippen LogP contribution in [-0.2, 0) is 11.3 Å². The highest BCUT2D eigenvalue weighted by Crippen LogP contribution is 2.06. The van der Waals surface area contributed by atoms with Crippen molar-refractivity contribution in [2.45, 2.75) is 6.61 Å². The molecule has 16 heavy (non-hydrogen) atoms. The minimum absolute atomic E-state index is 0.221. The van der Waals surface area contributed by atoms with Crippen molar-refractivity contribution in [3.63, 3.8) is 0 Å². The SMILES string of the molecule is O=C(Nc1nnns1)OCc1ccccc1. The molecule has 6 nitrogen and oxygen atoms in total. The molecule has 0 aliphatic heterocycles. The maximum atomic E-state index is 11.3. The first kappa shape index (κ1) is 10.5. The molecule has 0 saturated carbocycles. The third kappa shape index (κ3) is 2.99. The molecule has 1 heterocycles. The molecule has 0 unspecified atom stereocenters. The van der Waals surface area contributed by atoms with Crippen LogP contribution in [0.4, 0.5) is 9.93 Å². The van der Waals surface area contributed by atoms with Gasteiger partial charge in [0.05, 0.1) is 0 Å². The van der Waals surface area contributed by atoms with E-state index in [4.69, 9.17) is 4.74 Å². The molecule has 1 aromatic carbocycles. The summed E-state index contributed by atoms with van der Waals surface area (Å²) < 4.78 is 8.47. The lowest BCUT2D eigenvalue weighted by molar-refractivity contribution is 0.155.